The summed E-state index contributed by atoms with van der Waals surface area (Å²) in [7, 11) is 0. The van der Waals surface area contributed by atoms with E-state index in [9.17, 15) is 0 Å². The first-order valence-electron chi connectivity index (χ1n) is 12.7. The van der Waals surface area contributed by atoms with E-state index >= 15 is 0 Å². The number of fused-ring (bicyclic) bond motifs is 6. The van der Waals surface area contributed by atoms with E-state index in [2.05, 4.69) is 97.1 Å². The highest BCUT2D eigenvalue weighted by Crippen LogP contribution is 2.41. The SMILES string of the molecule is c1ccc(-c2nc3ccc4cc(-c5cccc(-c6cccc7c6sc6ccccc67)c5)ccc4c3o2)cc1. The summed E-state index contributed by atoms with van der Waals surface area (Å²) in [5.41, 5.74) is 7.59. The van der Waals surface area contributed by atoms with Crippen LogP contribution in [-0.4, -0.2) is 4.98 Å². The molecule has 0 saturated carbocycles. The third-order valence-electron chi connectivity index (χ3n) is 7.30. The van der Waals surface area contributed by atoms with Gasteiger partial charge in [0, 0.05) is 31.1 Å². The fourth-order valence-electron chi connectivity index (χ4n) is 5.44. The molecule has 0 N–H and O–H groups in total. The van der Waals surface area contributed by atoms with Crippen molar-refractivity contribution in [3.8, 4) is 33.7 Å². The van der Waals surface area contributed by atoms with Gasteiger partial charge in [-0.3, -0.25) is 0 Å². The summed E-state index contributed by atoms with van der Waals surface area (Å²) in [6.45, 7) is 0. The van der Waals surface area contributed by atoms with Crippen LogP contribution in [0.25, 0.3) is 75.8 Å². The lowest BCUT2D eigenvalue weighted by Gasteiger charge is -2.09. The molecule has 0 aliphatic carbocycles. The van der Waals surface area contributed by atoms with Gasteiger partial charge in [0.25, 0.3) is 0 Å². The molecular weight excluding hydrogens is 482 g/mol. The molecule has 0 saturated heterocycles. The van der Waals surface area contributed by atoms with Crippen molar-refractivity contribution in [1.29, 1.82) is 0 Å². The minimum atomic E-state index is 0.653. The normalized spacial score (nSPS) is 11.7. The summed E-state index contributed by atoms with van der Waals surface area (Å²) in [6, 6.07) is 45.0. The van der Waals surface area contributed by atoms with Gasteiger partial charge in [-0.1, -0.05) is 84.9 Å². The number of thiophene rings is 1. The van der Waals surface area contributed by atoms with Gasteiger partial charge in [-0.05, 0) is 70.1 Å². The van der Waals surface area contributed by atoms with Crippen molar-refractivity contribution >= 4 is 53.4 Å². The molecule has 178 valence electrons. The molecule has 6 aromatic carbocycles. The molecule has 2 heterocycles. The number of rotatable bonds is 3. The number of aromatic nitrogens is 1. The van der Waals surface area contributed by atoms with Gasteiger partial charge in [0.05, 0.1) is 0 Å². The van der Waals surface area contributed by atoms with Crippen molar-refractivity contribution in [3.05, 3.63) is 127 Å². The standard InChI is InChI=1S/C35H21NOS/c1-2-8-22(9-3-1)35-36-31-19-17-26-21-24(16-18-27(26)33(31)37-35)23-10-6-11-25(20-23)28-13-7-14-30-29-12-4-5-15-32(29)38-34(28)30/h1-21H. The van der Waals surface area contributed by atoms with Crippen LogP contribution in [0.15, 0.2) is 132 Å². The lowest BCUT2D eigenvalue weighted by atomic mass is 9.96. The predicted molar refractivity (Wildman–Crippen MR) is 161 cm³/mol. The Labute approximate surface area is 223 Å². The van der Waals surface area contributed by atoms with Crippen molar-refractivity contribution in [2.75, 3.05) is 0 Å². The van der Waals surface area contributed by atoms with Crippen LogP contribution >= 0.6 is 11.3 Å². The van der Waals surface area contributed by atoms with E-state index in [-0.39, 0.29) is 0 Å². The molecule has 0 atom stereocenters. The summed E-state index contributed by atoms with van der Waals surface area (Å²) in [5, 5.41) is 4.87. The van der Waals surface area contributed by atoms with Crippen molar-refractivity contribution in [2.45, 2.75) is 0 Å². The number of hydrogen-bond acceptors (Lipinski definition) is 3. The van der Waals surface area contributed by atoms with Crippen LogP contribution in [0, 0.1) is 0 Å². The van der Waals surface area contributed by atoms with E-state index in [0.29, 0.717) is 5.89 Å². The van der Waals surface area contributed by atoms with Gasteiger partial charge < -0.3 is 4.42 Å². The van der Waals surface area contributed by atoms with Crippen LogP contribution in [0.4, 0.5) is 0 Å². The van der Waals surface area contributed by atoms with Gasteiger partial charge >= 0.3 is 0 Å². The number of benzene rings is 6. The van der Waals surface area contributed by atoms with Crippen LogP contribution < -0.4 is 0 Å². The smallest absolute Gasteiger partial charge is 0.227 e. The van der Waals surface area contributed by atoms with Gasteiger partial charge in [-0.2, -0.15) is 0 Å². The van der Waals surface area contributed by atoms with Gasteiger partial charge in [-0.25, -0.2) is 4.98 Å². The topological polar surface area (TPSA) is 26.0 Å². The summed E-state index contributed by atoms with van der Waals surface area (Å²) >= 11 is 1.87. The van der Waals surface area contributed by atoms with E-state index in [4.69, 9.17) is 9.40 Å². The number of nitrogens with zero attached hydrogens (tertiary/aromatic N) is 1. The molecule has 8 aromatic rings. The lowest BCUT2D eigenvalue weighted by Crippen LogP contribution is -1.83. The highest BCUT2D eigenvalue weighted by Gasteiger charge is 2.13. The Bertz CT molecular complexity index is 2140. The quantitative estimate of drug-likeness (QED) is 0.240. The minimum Gasteiger partial charge on any atom is -0.435 e. The molecule has 0 fully saturated rings. The Balaban J connectivity index is 1.23. The van der Waals surface area contributed by atoms with Crippen LogP contribution in [0.2, 0.25) is 0 Å². The van der Waals surface area contributed by atoms with Gasteiger partial charge in [-0.15, -0.1) is 11.3 Å². The molecule has 0 aliphatic rings. The Kier molecular flexibility index (Phi) is 4.73. The molecule has 0 aliphatic heterocycles. The average molecular weight is 504 g/mol. The Hall–Kier alpha value is -4.73. The van der Waals surface area contributed by atoms with Crippen molar-refractivity contribution in [1.82, 2.24) is 4.98 Å². The average Bonchev–Trinajstić information content (AvgIpc) is 3.60. The number of oxazole rings is 1. The third-order valence-corrected chi connectivity index (χ3v) is 8.52. The van der Waals surface area contributed by atoms with E-state index in [1.54, 1.807) is 0 Å². The lowest BCUT2D eigenvalue weighted by molar-refractivity contribution is 0.623. The van der Waals surface area contributed by atoms with Crippen molar-refractivity contribution in [2.24, 2.45) is 0 Å². The Morgan fingerprint density at radius 3 is 2.24 bits per heavy atom. The summed E-state index contributed by atoms with van der Waals surface area (Å²) in [5.74, 6) is 0.653. The molecule has 0 amide bonds. The predicted octanol–water partition coefficient (Wildman–Crippen LogP) is 10.3. The van der Waals surface area contributed by atoms with Crippen LogP contribution in [0.5, 0.6) is 0 Å². The van der Waals surface area contributed by atoms with Gasteiger partial charge in [0.2, 0.25) is 5.89 Å². The fourth-order valence-corrected chi connectivity index (χ4v) is 6.68. The molecule has 2 nitrogen and oxygen atoms in total. The van der Waals surface area contributed by atoms with Crippen LogP contribution in [0.1, 0.15) is 0 Å². The van der Waals surface area contributed by atoms with E-state index < -0.39 is 0 Å². The zero-order valence-corrected chi connectivity index (χ0v) is 21.2. The molecule has 8 rings (SSSR count). The summed E-state index contributed by atoms with van der Waals surface area (Å²) < 4.78 is 8.91. The Morgan fingerprint density at radius 2 is 1.29 bits per heavy atom. The van der Waals surface area contributed by atoms with Crippen molar-refractivity contribution < 1.29 is 4.42 Å². The first-order chi connectivity index (χ1) is 18.8. The second-order valence-electron chi connectivity index (χ2n) is 9.60. The Morgan fingerprint density at radius 1 is 0.526 bits per heavy atom. The van der Waals surface area contributed by atoms with Crippen LogP contribution in [0.3, 0.4) is 0 Å². The molecule has 0 spiro atoms. The minimum absolute atomic E-state index is 0.653. The first kappa shape index (κ1) is 21.4. The second-order valence-corrected chi connectivity index (χ2v) is 10.6. The first-order valence-corrected chi connectivity index (χ1v) is 13.5. The molecule has 38 heavy (non-hydrogen) atoms. The number of hydrogen-bond donors (Lipinski definition) is 0. The molecule has 3 heteroatoms. The molecular formula is C35H21NOS. The van der Waals surface area contributed by atoms with E-state index in [1.165, 1.54) is 42.4 Å². The molecule has 0 radical (unpaired) electrons. The van der Waals surface area contributed by atoms with Crippen molar-refractivity contribution in [3.63, 3.8) is 0 Å². The maximum atomic E-state index is 6.25. The third kappa shape index (κ3) is 3.37. The fraction of sp³-hybridized carbons (Fsp3) is 0. The summed E-state index contributed by atoms with van der Waals surface area (Å²) in [6.07, 6.45) is 0. The van der Waals surface area contributed by atoms with E-state index in [1.807, 2.05) is 41.7 Å². The highest BCUT2D eigenvalue weighted by molar-refractivity contribution is 7.26. The molecule has 2 aromatic heterocycles. The zero-order valence-electron chi connectivity index (χ0n) is 20.4. The second kappa shape index (κ2) is 8.41. The highest BCUT2D eigenvalue weighted by atomic mass is 32.1. The van der Waals surface area contributed by atoms with E-state index in [0.717, 1.165) is 27.4 Å². The van der Waals surface area contributed by atoms with Gasteiger partial charge in [0.15, 0.2) is 5.58 Å². The molecule has 0 unspecified atom stereocenters. The van der Waals surface area contributed by atoms with Gasteiger partial charge in [0.1, 0.15) is 5.52 Å². The molecule has 0 bridgehead atoms. The van der Waals surface area contributed by atoms with Crippen LogP contribution in [-0.2, 0) is 0 Å². The summed E-state index contributed by atoms with van der Waals surface area (Å²) in [4.78, 5) is 4.73. The monoisotopic (exact) mass is 503 g/mol. The zero-order chi connectivity index (χ0) is 25.1. The largest absolute Gasteiger partial charge is 0.435 e. The maximum absolute atomic E-state index is 6.25. The maximum Gasteiger partial charge on any atom is 0.227 e.